The molecule has 30 heavy (non-hydrogen) atoms. The zero-order valence-corrected chi connectivity index (χ0v) is 16.6. The normalized spacial score (nSPS) is 11.1. The van der Waals surface area contributed by atoms with Gasteiger partial charge < -0.3 is 13.7 Å². The fourth-order valence-electron chi connectivity index (χ4n) is 2.88. The van der Waals surface area contributed by atoms with E-state index >= 15 is 0 Å². The molecule has 4 nitrogen and oxygen atoms in total. The van der Waals surface area contributed by atoms with Gasteiger partial charge in [-0.1, -0.05) is 23.7 Å². The fourth-order valence-corrected chi connectivity index (χ4v) is 3.11. The molecule has 2 aromatic carbocycles. The zero-order valence-electron chi connectivity index (χ0n) is 15.8. The van der Waals surface area contributed by atoms with Gasteiger partial charge in [-0.3, -0.25) is 4.79 Å². The number of ether oxygens (including phenoxy) is 1. The average Bonchev–Trinajstić information content (AvgIpc) is 3.44. The van der Waals surface area contributed by atoms with Crippen molar-refractivity contribution in [2.75, 3.05) is 0 Å². The van der Waals surface area contributed by atoms with Gasteiger partial charge in [-0.25, -0.2) is 4.39 Å². The summed E-state index contributed by atoms with van der Waals surface area (Å²) in [4.78, 5) is 12.5. The van der Waals surface area contributed by atoms with Crippen LogP contribution < -0.4 is 4.74 Å². The first kappa shape index (κ1) is 19.7. The van der Waals surface area contributed by atoms with Crippen LogP contribution in [0.25, 0.3) is 11.8 Å². The summed E-state index contributed by atoms with van der Waals surface area (Å²) < 4.78 is 26.2. The van der Waals surface area contributed by atoms with Gasteiger partial charge in [-0.05, 0) is 66.7 Å². The molecule has 0 spiro atoms. The van der Waals surface area contributed by atoms with Crippen LogP contribution in [0.15, 0.2) is 89.6 Å². The Morgan fingerprint density at radius 1 is 1.07 bits per heavy atom. The van der Waals surface area contributed by atoms with Crippen molar-refractivity contribution in [3.63, 3.8) is 0 Å². The summed E-state index contributed by atoms with van der Waals surface area (Å²) in [6, 6.07) is 18.6. The van der Waals surface area contributed by atoms with Crippen LogP contribution in [0, 0.1) is 5.82 Å². The van der Waals surface area contributed by atoms with Crippen LogP contribution in [0.5, 0.6) is 5.75 Å². The molecule has 4 aromatic rings. The van der Waals surface area contributed by atoms with Crippen molar-refractivity contribution in [1.29, 1.82) is 0 Å². The van der Waals surface area contributed by atoms with Crippen molar-refractivity contribution < 1.29 is 18.3 Å². The molecule has 4 rings (SSSR count). The summed E-state index contributed by atoms with van der Waals surface area (Å²) in [7, 11) is 0. The molecule has 0 saturated carbocycles. The summed E-state index contributed by atoms with van der Waals surface area (Å²) in [5.74, 6) is 0.882. The maximum absolute atomic E-state index is 13.1. The molecular weight excluding hydrogens is 405 g/mol. The lowest BCUT2D eigenvalue weighted by Gasteiger charge is -2.06. The predicted molar refractivity (Wildman–Crippen MR) is 114 cm³/mol. The van der Waals surface area contributed by atoms with Crippen LogP contribution in [0.1, 0.15) is 21.9 Å². The van der Waals surface area contributed by atoms with Crippen LogP contribution >= 0.6 is 11.6 Å². The van der Waals surface area contributed by atoms with Crippen molar-refractivity contribution in [3.8, 4) is 11.4 Å². The summed E-state index contributed by atoms with van der Waals surface area (Å²) in [5.41, 5.74) is 1.50. The molecule has 2 heterocycles. The number of halogens is 2. The molecule has 0 aliphatic carbocycles. The van der Waals surface area contributed by atoms with E-state index in [0.717, 1.165) is 5.69 Å². The van der Waals surface area contributed by atoms with Gasteiger partial charge in [0.25, 0.3) is 0 Å². The molecule has 0 aliphatic heterocycles. The standard InChI is InChI=1S/C24H17ClFNO3/c25-22-15-18(26)6-11-24(22)29-16-21-8-7-20(30-21)9-10-23(28)17-4-3-5-19(14-17)27-12-1-2-13-27/h1-15H,16H2/b10-9+. The zero-order chi connectivity index (χ0) is 20.9. The summed E-state index contributed by atoms with van der Waals surface area (Å²) in [6.07, 6.45) is 6.92. The molecule has 0 atom stereocenters. The Hall–Kier alpha value is -3.57. The minimum atomic E-state index is -0.429. The lowest BCUT2D eigenvalue weighted by Crippen LogP contribution is -1.97. The lowest BCUT2D eigenvalue weighted by molar-refractivity contribution is 0.104. The third-order valence-corrected chi connectivity index (χ3v) is 4.67. The molecule has 0 fully saturated rings. The minimum Gasteiger partial charge on any atom is -0.484 e. The topological polar surface area (TPSA) is 44.4 Å². The second-order valence-corrected chi connectivity index (χ2v) is 6.91. The number of benzene rings is 2. The third kappa shape index (κ3) is 4.70. The maximum atomic E-state index is 13.1. The summed E-state index contributed by atoms with van der Waals surface area (Å²) >= 11 is 5.94. The van der Waals surface area contributed by atoms with E-state index in [9.17, 15) is 9.18 Å². The molecule has 0 amide bonds. The maximum Gasteiger partial charge on any atom is 0.186 e. The van der Waals surface area contributed by atoms with E-state index in [0.29, 0.717) is 22.8 Å². The van der Waals surface area contributed by atoms with Crippen LogP contribution in [-0.2, 0) is 6.61 Å². The highest BCUT2D eigenvalue weighted by atomic mass is 35.5. The Morgan fingerprint density at radius 2 is 1.90 bits per heavy atom. The number of rotatable bonds is 7. The van der Waals surface area contributed by atoms with Gasteiger partial charge in [-0.2, -0.15) is 0 Å². The molecule has 0 aliphatic rings. The number of aromatic nitrogens is 1. The molecule has 0 saturated heterocycles. The van der Waals surface area contributed by atoms with Crippen LogP contribution in [0.3, 0.4) is 0 Å². The van der Waals surface area contributed by atoms with Gasteiger partial charge in [0.15, 0.2) is 5.78 Å². The molecule has 150 valence electrons. The SMILES string of the molecule is O=C(/C=C/c1ccc(COc2ccc(F)cc2Cl)o1)c1cccc(-n2cccc2)c1. The fraction of sp³-hybridized carbons (Fsp3) is 0.0417. The highest BCUT2D eigenvalue weighted by Gasteiger charge is 2.07. The molecule has 0 bridgehead atoms. The third-order valence-electron chi connectivity index (χ3n) is 4.38. The first-order chi connectivity index (χ1) is 14.6. The van der Waals surface area contributed by atoms with E-state index in [4.69, 9.17) is 20.8 Å². The minimum absolute atomic E-state index is 0.128. The number of hydrogen-bond acceptors (Lipinski definition) is 3. The van der Waals surface area contributed by atoms with Crippen molar-refractivity contribution in [3.05, 3.63) is 113 Å². The van der Waals surface area contributed by atoms with E-state index < -0.39 is 5.82 Å². The Labute approximate surface area is 177 Å². The van der Waals surface area contributed by atoms with E-state index in [1.54, 1.807) is 24.3 Å². The van der Waals surface area contributed by atoms with Gasteiger partial charge in [-0.15, -0.1) is 0 Å². The van der Waals surface area contributed by atoms with Crippen molar-refractivity contribution in [2.45, 2.75) is 6.61 Å². The van der Waals surface area contributed by atoms with Gasteiger partial charge in [0.05, 0.1) is 5.02 Å². The highest BCUT2D eigenvalue weighted by molar-refractivity contribution is 6.32. The van der Waals surface area contributed by atoms with Gasteiger partial charge in [0.2, 0.25) is 0 Å². The first-order valence-corrected chi connectivity index (χ1v) is 9.59. The van der Waals surface area contributed by atoms with Gasteiger partial charge in [0.1, 0.15) is 29.7 Å². The quantitative estimate of drug-likeness (QED) is 0.258. The van der Waals surface area contributed by atoms with Crippen LogP contribution in [0.2, 0.25) is 5.02 Å². The number of ketones is 1. The first-order valence-electron chi connectivity index (χ1n) is 9.21. The average molecular weight is 422 g/mol. The van der Waals surface area contributed by atoms with E-state index in [2.05, 4.69) is 0 Å². The molecule has 0 N–H and O–H groups in total. The number of nitrogens with zero attached hydrogens (tertiary/aromatic N) is 1. The van der Waals surface area contributed by atoms with Crippen molar-refractivity contribution >= 4 is 23.5 Å². The number of hydrogen-bond donors (Lipinski definition) is 0. The van der Waals surface area contributed by atoms with Crippen molar-refractivity contribution in [2.24, 2.45) is 0 Å². The predicted octanol–water partition coefficient (Wildman–Crippen LogP) is 6.34. The lowest BCUT2D eigenvalue weighted by atomic mass is 10.1. The monoisotopic (exact) mass is 421 g/mol. The molecule has 6 heteroatoms. The molecule has 2 aromatic heterocycles. The van der Waals surface area contributed by atoms with Crippen LogP contribution in [0.4, 0.5) is 4.39 Å². The van der Waals surface area contributed by atoms with E-state index in [-0.39, 0.29) is 17.4 Å². The largest absolute Gasteiger partial charge is 0.484 e. The molecular formula is C24H17ClFNO3. The molecule has 0 radical (unpaired) electrons. The van der Waals surface area contributed by atoms with E-state index in [1.807, 2.05) is 47.3 Å². The number of furan rings is 1. The Kier molecular flexibility index (Phi) is 5.82. The Morgan fingerprint density at radius 3 is 2.70 bits per heavy atom. The highest BCUT2D eigenvalue weighted by Crippen LogP contribution is 2.26. The Bertz CT molecular complexity index is 1190. The van der Waals surface area contributed by atoms with Crippen LogP contribution in [-0.4, -0.2) is 10.4 Å². The number of carbonyl (C=O) groups excluding carboxylic acids is 1. The smallest absolute Gasteiger partial charge is 0.186 e. The van der Waals surface area contributed by atoms with Crippen molar-refractivity contribution in [1.82, 2.24) is 4.57 Å². The number of allylic oxidation sites excluding steroid dienone is 1. The number of carbonyl (C=O) groups is 1. The molecule has 0 unspecified atom stereocenters. The van der Waals surface area contributed by atoms with Gasteiger partial charge in [0, 0.05) is 23.6 Å². The summed E-state index contributed by atoms with van der Waals surface area (Å²) in [5, 5.41) is 0.189. The van der Waals surface area contributed by atoms with Gasteiger partial charge >= 0.3 is 0 Å². The van der Waals surface area contributed by atoms with E-state index in [1.165, 1.54) is 24.3 Å². The second-order valence-electron chi connectivity index (χ2n) is 6.51. The second kappa shape index (κ2) is 8.84. The Balaban J connectivity index is 1.39. The summed E-state index contributed by atoms with van der Waals surface area (Å²) in [6.45, 7) is 0.131.